The van der Waals surface area contributed by atoms with E-state index in [1.54, 1.807) is 11.3 Å². The Kier molecular flexibility index (Phi) is 4.99. The Morgan fingerprint density at radius 3 is 3.18 bits per heavy atom. The highest BCUT2D eigenvalue weighted by molar-refractivity contribution is 7.98. The van der Waals surface area contributed by atoms with Gasteiger partial charge >= 0.3 is 0 Å². The van der Waals surface area contributed by atoms with Gasteiger partial charge in [-0.15, -0.1) is 22.9 Å². The smallest absolute Gasteiger partial charge is 0.0794 e. The Labute approximate surface area is 80.2 Å². The average molecular weight is 208 g/mol. The summed E-state index contributed by atoms with van der Waals surface area (Å²) in [6.07, 6.45) is 3.03. The summed E-state index contributed by atoms with van der Waals surface area (Å²) in [4.78, 5) is 5.35. The van der Waals surface area contributed by atoms with Crippen LogP contribution in [0.3, 0.4) is 0 Å². The van der Waals surface area contributed by atoms with E-state index in [1.807, 2.05) is 23.5 Å². The first-order valence-electron chi connectivity index (χ1n) is 3.44. The molecule has 11 heavy (non-hydrogen) atoms. The second-order valence-electron chi connectivity index (χ2n) is 2.06. The van der Waals surface area contributed by atoms with E-state index in [4.69, 9.17) is 11.6 Å². The molecule has 4 heteroatoms. The third kappa shape index (κ3) is 3.99. The zero-order valence-electron chi connectivity index (χ0n) is 6.12. The van der Waals surface area contributed by atoms with Gasteiger partial charge in [-0.3, -0.25) is 4.98 Å². The molecule has 0 unspecified atom stereocenters. The van der Waals surface area contributed by atoms with Gasteiger partial charge in [-0.2, -0.15) is 11.8 Å². The largest absolute Gasteiger partial charge is 0.253 e. The number of rotatable bonds is 5. The Bertz CT molecular complexity index is 177. The van der Waals surface area contributed by atoms with E-state index in [0.29, 0.717) is 0 Å². The molecule has 0 N–H and O–H groups in total. The fraction of sp³-hybridized carbons (Fsp3) is 0.571. The molecule has 0 aromatic carbocycles. The van der Waals surface area contributed by atoms with Crippen molar-refractivity contribution < 1.29 is 0 Å². The number of thioether (sulfide) groups is 1. The summed E-state index contributed by atoms with van der Waals surface area (Å²) >= 11 is 9.18. The Morgan fingerprint density at radius 2 is 2.55 bits per heavy atom. The van der Waals surface area contributed by atoms with Gasteiger partial charge in [-0.1, -0.05) is 0 Å². The first-order valence-corrected chi connectivity index (χ1v) is 6.01. The molecule has 0 amide bonds. The van der Waals surface area contributed by atoms with Crippen molar-refractivity contribution in [3.8, 4) is 0 Å². The van der Waals surface area contributed by atoms with Gasteiger partial charge in [-0.05, 0) is 12.2 Å². The van der Waals surface area contributed by atoms with Crippen LogP contribution in [-0.2, 0) is 5.75 Å². The van der Waals surface area contributed by atoms with E-state index in [1.165, 1.54) is 4.88 Å². The van der Waals surface area contributed by atoms with E-state index in [0.717, 1.165) is 23.8 Å². The number of hydrogen-bond acceptors (Lipinski definition) is 3. The molecule has 1 rings (SSSR count). The molecule has 0 atom stereocenters. The lowest BCUT2D eigenvalue weighted by molar-refractivity contribution is 1.11. The second kappa shape index (κ2) is 5.86. The number of thiazole rings is 1. The fourth-order valence-corrected chi connectivity index (χ4v) is 2.60. The van der Waals surface area contributed by atoms with Gasteiger partial charge in [0.25, 0.3) is 0 Å². The van der Waals surface area contributed by atoms with Crippen molar-refractivity contribution >= 4 is 34.7 Å². The molecule has 0 fully saturated rings. The molecular weight excluding hydrogens is 198 g/mol. The maximum Gasteiger partial charge on any atom is 0.0794 e. The van der Waals surface area contributed by atoms with Crippen molar-refractivity contribution in [1.29, 1.82) is 0 Å². The number of halogens is 1. The van der Waals surface area contributed by atoms with Gasteiger partial charge in [0.1, 0.15) is 0 Å². The molecule has 0 aliphatic carbocycles. The predicted octanol–water partition coefficient (Wildman–Crippen LogP) is 3.01. The van der Waals surface area contributed by atoms with E-state index in [-0.39, 0.29) is 0 Å². The Morgan fingerprint density at radius 1 is 1.64 bits per heavy atom. The lowest BCUT2D eigenvalue weighted by Gasteiger charge is -1.94. The van der Waals surface area contributed by atoms with Gasteiger partial charge in [0.2, 0.25) is 0 Å². The lowest BCUT2D eigenvalue weighted by Crippen LogP contribution is -1.81. The van der Waals surface area contributed by atoms with E-state index in [9.17, 15) is 0 Å². The maximum atomic E-state index is 5.54. The van der Waals surface area contributed by atoms with Crippen LogP contribution in [0.1, 0.15) is 11.3 Å². The summed E-state index contributed by atoms with van der Waals surface area (Å²) in [6.45, 7) is 0. The van der Waals surface area contributed by atoms with Gasteiger partial charge in [0.15, 0.2) is 0 Å². The van der Waals surface area contributed by atoms with Crippen LogP contribution in [0.2, 0.25) is 0 Å². The minimum absolute atomic E-state index is 0.774. The van der Waals surface area contributed by atoms with Gasteiger partial charge in [0, 0.05) is 22.7 Å². The Balaban J connectivity index is 2.04. The van der Waals surface area contributed by atoms with Crippen LogP contribution in [0.25, 0.3) is 0 Å². The molecule has 0 aliphatic heterocycles. The molecular formula is C7H10ClNS2. The summed E-state index contributed by atoms with van der Waals surface area (Å²) < 4.78 is 0. The highest BCUT2D eigenvalue weighted by Crippen LogP contribution is 2.15. The number of hydrogen-bond donors (Lipinski definition) is 0. The van der Waals surface area contributed by atoms with Crippen molar-refractivity contribution in [1.82, 2.24) is 4.98 Å². The normalized spacial score (nSPS) is 10.3. The molecule has 0 spiro atoms. The Hall–Kier alpha value is 0.270. The zero-order valence-corrected chi connectivity index (χ0v) is 8.51. The third-order valence-electron chi connectivity index (χ3n) is 1.15. The van der Waals surface area contributed by atoms with Crippen LogP contribution in [0.15, 0.2) is 11.7 Å². The molecule has 1 aromatic rings. The van der Waals surface area contributed by atoms with Crippen LogP contribution in [-0.4, -0.2) is 16.6 Å². The molecule has 62 valence electrons. The fourth-order valence-electron chi connectivity index (χ4n) is 0.643. The summed E-state index contributed by atoms with van der Waals surface area (Å²) in [7, 11) is 0. The monoisotopic (exact) mass is 207 g/mol. The van der Waals surface area contributed by atoms with Crippen molar-refractivity contribution in [2.75, 3.05) is 11.6 Å². The maximum absolute atomic E-state index is 5.54. The van der Waals surface area contributed by atoms with Crippen LogP contribution in [0, 0.1) is 0 Å². The molecule has 0 radical (unpaired) electrons. The molecule has 0 aliphatic rings. The van der Waals surface area contributed by atoms with Crippen molar-refractivity contribution in [2.45, 2.75) is 12.2 Å². The second-order valence-corrected chi connectivity index (χ2v) is 4.52. The lowest BCUT2D eigenvalue weighted by atomic mass is 10.6. The zero-order chi connectivity index (χ0) is 7.94. The van der Waals surface area contributed by atoms with Crippen molar-refractivity contribution in [3.63, 3.8) is 0 Å². The first kappa shape index (κ1) is 9.36. The first-order chi connectivity index (χ1) is 5.43. The molecule has 1 nitrogen and oxygen atoms in total. The van der Waals surface area contributed by atoms with Gasteiger partial charge < -0.3 is 0 Å². The van der Waals surface area contributed by atoms with E-state index >= 15 is 0 Å². The summed E-state index contributed by atoms with van der Waals surface area (Å²) in [5, 5.41) is 0. The van der Waals surface area contributed by atoms with Crippen LogP contribution < -0.4 is 0 Å². The highest BCUT2D eigenvalue weighted by Gasteiger charge is 1.93. The third-order valence-corrected chi connectivity index (χ3v) is 3.47. The molecule has 1 aromatic heterocycles. The van der Waals surface area contributed by atoms with Gasteiger partial charge in [-0.25, -0.2) is 0 Å². The average Bonchev–Trinajstić information content (AvgIpc) is 2.50. The van der Waals surface area contributed by atoms with E-state index in [2.05, 4.69) is 4.98 Å². The molecule has 0 bridgehead atoms. The summed E-state index contributed by atoms with van der Waals surface area (Å²) in [5.74, 6) is 3.01. The number of nitrogens with zero attached hydrogens (tertiary/aromatic N) is 1. The minimum Gasteiger partial charge on any atom is -0.253 e. The molecule has 0 saturated carbocycles. The minimum atomic E-state index is 0.774. The standard InChI is InChI=1S/C7H10ClNS2/c8-2-1-3-10-5-7-4-9-6-11-7/h4,6H,1-3,5H2. The summed E-state index contributed by atoms with van der Waals surface area (Å²) in [5.41, 5.74) is 1.87. The van der Waals surface area contributed by atoms with Crippen molar-refractivity contribution in [2.24, 2.45) is 0 Å². The van der Waals surface area contributed by atoms with Crippen LogP contribution in [0.4, 0.5) is 0 Å². The summed E-state index contributed by atoms with van der Waals surface area (Å²) in [6, 6.07) is 0. The number of aromatic nitrogens is 1. The quantitative estimate of drug-likeness (QED) is 0.544. The van der Waals surface area contributed by atoms with Crippen LogP contribution in [0.5, 0.6) is 0 Å². The molecule has 0 saturated heterocycles. The number of alkyl halides is 1. The topological polar surface area (TPSA) is 12.9 Å². The van der Waals surface area contributed by atoms with Gasteiger partial charge in [0.05, 0.1) is 5.51 Å². The predicted molar refractivity (Wildman–Crippen MR) is 53.6 cm³/mol. The molecule has 1 heterocycles. The van der Waals surface area contributed by atoms with Crippen molar-refractivity contribution in [3.05, 3.63) is 16.6 Å². The highest BCUT2D eigenvalue weighted by atomic mass is 35.5. The van der Waals surface area contributed by atoms with E-state index < -0.39 is 0 Å². The SMILES string of the molecule is ClCCCSCc1cncs1. The van der Waals surface area contributed by atoms with Crippen LogP contribution >= 0.6 is 34.7 Å².